The summed E-state index contributed by atoms with van der Waals surface area (Å²) in [5.74, 6) is 0. The van der Waals surface area contributed by atoms with E-state index in [4.69, 9.17) is 11.6 Å². The highest BCUT2D eigenvalue weighted by atomic mass is 35.5. The first kappa shape index (κ1) is 12.9. The molecule has 3 aromatic rings. The molecule has 3 rings (SSSR count). The van der Waals surface area contributed by atoms with Gasteiger partial charge < -0.3 is 5.32 Å². The zero-order valence-corrected chi connectivity index (χ0v) is 12.0. The lowest BCUT2D eigenvalue weighted by atomic mass is 10.1. The molecule has 100 valence electrons. The molecule has 0 spiro atoms. The van der Waals surface area contributed by atoms with E-state index in [1.54, 1.807) is 0 Å². The van der Waals surface area contributed by atoms with Crippen molar-refractivity contribution < 1.29 is 0 Å². The Balaban J connectivity index is 1.85. The standard InChI is InChI=1S/C17H15ClN2/c1-12-5-6-15(9-17(12)18)20-11-14-4-2-3-13-10-19-8-7-16(13)14/h2-10,20H,11H2,1H3. The number of benzene rings is 2. The lowest BCUT2D eigenvalue weighted by molar-refractivity contribution is 1.16. The Morgan fingerprint density at radius 1 is 1.15 bits per heavy atom. The minimum absolute atomic E-state index is 0.765. The van der Waals surface area contributed by atoms with Crippen LogP contribution in [0, 0.1) is 6.92 Å². The van der Waals surface area contributed by atoms with E-state index in [0.29, 0.717) is 0 Å². The summed E-state index contributed by atoms with van der Waals surface area (Å²) in [4.78, 5) is 4.16. The SMILES string of the molecule is Cc1ccc(NCc2cccc3cnccc23)cc1Cl. The van der Waals surface area contributed by atoms with Gasteiger partial charge in [0.1, 0.15) is 0 Å². The van der Waals surface area contributed by atoms with Gasteiger partial charge in [-0.15, -0.1) is 0 Å². The highest BCUT2D eigenvalue weighted by Crippen LogP contribution is 2.22. The molecule has 1 aromatic heterocycles. The van der Waals surface area contributed by atoms with Crippen LogP contribution in [-0.2, 0) is 6.54 Å². The first-order valence-electron chi connectivity index (χ1n) is 6.56. The fraction of sp³-hybridized carbons (Fsp3) is 0.118. The summed E-state index contributed by atoms with van der Waals surface area (Å²) >= 11 is 6.14. The van der Waals surface area contributed by atoms with Gasteiger partial charge in [0, 0.05) is 35.0 Å². The Kier molecular flexibility index (Phi) is 3.57. The van der Waals surface area contributed by atoms with Crippen LogP contribution in [-0.4, -0.2) is 4.98 Å². The van der Waals surface area contributed by atoms with E-state index in [1.165, 1.54) is 10.9 Å². The maximum atomic E-state index is 6.14. The number of aryl methyl sites for hydroxylation is 1. The second-order valence-electron chi connectivity index (χ2n) is 4.83. The number of hydrogen-bond acceptors (Lipinski definition) is 2. The summed E-state index contributed by atoms with van der Waals surface area (Å²) in [7, 11) is 0. The van der Waals surface area contributed by atoms with Gasteiger partial charge in [-0.2, -0.15) is 0 Å². The van der Waals surface area contributed by atoms with Gasteiger partial charge in [0.15, 0.2) is 0 Å². The summed E-state index contributed by atoms with van der Waals surface area (Å²) in [5.41, 5.74) is 3.38. The van der Waals surface area contributed by atoms with E-state index in [1.807, 2.05) is 37.5 Å². The first-order chi connectivity index (χ1) is 9.74. The zero-order valence-electron chi connectivity index (χ0n) is 11.2. The summed E-state index contributed by atoms with van der Waals surface area (Å²) in [6, 6.07) is 14.4. The lowest BCUT2D eigenvalue weighted by Gasteiger charge is -2.10. The number of anilines is 1. The van der Waals surface area contributed by atoms with Crippen molar-refractivity contribution in [2.45, 2.75) is 13.5 Å². The van der Waals surface area contributed by atoms with Gasteiger partial charge in [-0.1, -0.05) is 35.9 Å². The summed E-state index contributed by atoms with van der Waals surface area (Å²) in [6.45, 7) is 2.77. The zero-order chi connectivity index (χ0) is 13.9. The molecule has 0 aliphatic rings. The monoisotopic (exact) mass is 282 g/mol. The van der Waals surface area contributed by atoms with E-state index in [9.17, 15) is 0 Å². The average Bonchev–Trinajstić information content (AvgIpc) is 2.48. The molecule has 0 bridgehead atoms. The van der Waals surface area contributed by atoms with Crippen molar-refractivity contribution in [3.05, 3.63) is 71.0 Å². The minimum Gasteiger partial charge on any atom is -0.381 e. The first-order valence-corrected chi connectivity index (χ1v) is 6.93. The van der Waals surface area contributed by atoms with Gasteiger partial charge in [-0.05, 0) is 41.6 Å². The Bertz CT molecular complexity index is 748. The summed E-state index contributed by atoms with van der Waals surface area (Å²) < 4.78 is 0. The normalized spacial score (nSPS) is 10.7. The van der Waals surface area contributed by atoms with Gasteiger partial charge in [0.25, 0.3) is 0 Å². The highest BCUT2D eigenvalue weighted by Gasteiger charge is 2.02. The van der Waals surface area contributed by atoms with Crippen LogP contribution in [0.15, 0.2) is 54.9 Å². The fourth-order valence-corrected chi connectivity index (χ4v) is 2.42. The van der Waals surface area contributed by atoms with Crippen molar-refractivity contribution >= 4 is 28.1 Å². The quantitative estimate of drug-likeness (QED) is 0.746. The Morgan fingerprint density at radius 3 is 2.90 bits per heavy atom. The molecule has 3 heteroatoms. The molecule has 0 radical (unpaired) electrons. The third-order valence-electron chi connectivity index (χ3n) is 3.43. The maximum Gasteiger partial charge on any atom is 0.0455 e. The molecule has 0 saturated heterocycles. The Hall–Kier alpha value is -2.06. The number of rotatable bonds is 3. The van der Waals surface area contributed by atoms with E-state index in [0.717, 1.165) is 28.2 Å². The predicted octanol–water partition coefficient (Wildman–Crippen LogP) is 4.81. The molecule has 0 unspecified atom stereocenters. The van der Waals surface area contributed by atoms with E-state index in [2.05, 4.69) is 34.6 Å². The molecule has 0 fully saturated rings. The molecular weight excluding hydrogens is 268 g/mol. The molecule has 0 aliphatic carbocycles. The van der Waals surface area contributed by atoms with Crippen LogP contribution in [0.5, 0.6) is 0 Å². The van der Waals surface area contributed by atoms with Crippen LogP contribution in [0.4, 0.5) is 5.69 Å². The molecular formula is C17H15ClN2. The van der Waals surface area contributed by atoms with Gasteiger partial charge in [-0.3, -0.25) is 4.98 Å². The Morgan fingerprint density at radius 2 is 2.05 bits per heavy atom. The number of aromatic nitrogens is 1. The molecule has 2 nitrogen and oxygen atoms in total. The third-order valence-corrected chi connectivity index (χ3v) is 3.83. The van der Waals surface area contributed by atoms with Crippen LogP contribution < -0.4 is 5.32 Å². The van der Waals surface area contributed by atoms with Gasteiger partial charge in [0.05, 0.1) is 0 Å². The molecule has 0 aliphatic heterocycles. The van der Waals surface area contributed by atoms with E-state index >= 15 is 0 Å². The number of pyridine rings is 1. The molecule has 1 heterocycles. The number of fused-ring (bicyclic) bond motifs is 1. The molecule has 0 atom stereocenters. The summed E-state index contributed by atoms with van der Waals surface area (Å²) in [5, 5.41) is 6.60. The maximum absolute atomic E-state index is 6.14. The number of halogens is 1. The second-order valence-corrected chi connectivity index (χ2v) is 5.24. The van der Waals surface area contributed by atoms with Crippen LogP contribution in [0.2, 0.25) is 5.02 Å². The van der Waals surface area contributed by atoms with Crippen molar-refractivity contribution in [3.8, 4) is 0 Å². The van der Waals surface area contributed by atoms with Crippen LogP contribution in [0.3, 0.4) is 0 Å². The van der Waals surface area contributed by atoms with Crippen LogP contribution in [0.1, 0.15) is 11.1 Å². The highest BCUT2D eigenvalue weighted by molar-refractivity contribution is 6.31. The molecule has 20 heavy (non-hydrogen) atoms. The van der Waals surface area contributed by atoms with Crippen LogP contribution >= 0.6 is 11.6 Å². The van der Waals surface area contributed by atoms with Crippen LogP contribution in [0.25, 0.3) is 10.8 Å². The minimum atomic E-state index is 0.765. The van der Waals surface area contributed by atoms with E-state index in [-0.39, 0.29) is 0 Å². The third kappa shape index (κ3) is 2.61. The predicted molar refractivity (Wildman–Crippen MR) is 85.3 cm³/mol. The molecule has 0 amide bonds. The summed E-state index contributed by atoms with van der Waals surface area (Å²) in [6.07, 6.45) is 3.72. The lowest BCUT2D eigenvalue weighted by Crippen LogP contribution is -2.00. The van der Waals surface area contributed by atoms with Gasteiger partial charge >= 0.3 is 0 Å². The van der Waals surface area contributed by atoms with Gasteiger partial charge in [-0.25, -0.2) is 0 Å². The van der Waals surface area contributed by atoms with E-state index < -0.39 is 0 Å². The smallest absolute Gasteiger partial charge is 0.0455 e. The Labute approximate surface area is 123 Å². The largest absolute Gasteiger partial charge is 0.381 e. The topological polar surface area (TPSA) is 24.9 Å². The van der Waals surface area contributed by atoms with Crippen molar-refractivity contribution in [1.82, 2.24) is 4.98 Å². The number of hydrogen-bond donors (Lipinski definition) is 1. The van der Waals surface area contributed by atoms with Crippen molar-refractivity contribution in [1.29, 1.82) is 0 Å². The number of nitrogens with zero attached hydrogens (tertiary/aromatic N) is 1. The fourth-order valence-electron chi connectivity index (χ4n) is 2.24. The van der Waals surface area contributed by atoms with Crippen molar-refractivity contribution in [3.63, 3.8) is 0 Å². The average molecular weight is 283 g/mol. The molecule has 1 N–H and O–H groups in total. The van der Waals surface area contributed by atoms with Crippen molar-refractivity contribution in [2.24, 2.45) is 0 Å². The van der Waals surface area contributed by atoms with Crippen molar-refractivity contribution in [2.75, 3.05) is 5.32 Å². The van der Waals surface area contributed by atoms with Gasteiger partial charge in [0.2, 0.25) is 0 Å². The molecule has 0 saturated carbocycles. The second kappa shape index (κ2) is 5.51. The molecule has 2 aromatic carbocycles. The number of nitrogens with one attached hydrogen (secondary N) is 1.